The summed E-state index contributed by atoms with van der Waals surface area (Å²) in [5, 5.41) is 10.7. The summed E-state index contributed by atoms with van der Waals surface area (Å²) in [5.74, 6) is 0. The first kappa shape index (κ1) is 25.9. The Balaban J connectivity index is 4.83. The standard InChI is InChI=1S/C15H41O5Si5/c1-21(2,3)17-23(6,7)19-25(10,11)20-24(8,9)18-22(4,5)15-13-12-14-16/h12-15H2,1-11H3. The van der Waals surface area contributed by atoms with Crippen molar-refractivity contribution in [1.29, 1.82) is 0 Å². The summed E-state index contributed by atoms with van der Waals surface area (Å²) >= 11 is 0. The van der Waals surface area contributed by atoms with E-state index in [9.17, 15) is 5.11 Å². The van der Waals surface area contributed by atoms with E-state index in [0.29, 0.717) is 0 Å². The van der Waals surface area contributed by atoms with Crippen LogP contribution in [0.2, 0.25) is 78.1 Å². The first-order valence-electron chi connectivity index (χ1n) is 9.28. The van der Waals surface area contributed by atoms with E-state index in [1.165, 1.54) is 0 Å². The number of unbranched alkanes of at least 4 members (excludes halogenated alkanes) is 1. The third-order valence-corrected chi connectivity index (χ3v) is 21.2. The molecule has 0 N–H and O–H groups in total. The van der Waals surface area contributed by atoms with E-state index in [-0.39, 0.29) is 6.61 Å². The Kier molecular flexibility index (Phi) is 9.72. The molecule has 0 fully saturated rings. The van der Waals surface area contributed by atoms with Gasteiger partial charge in [-0.15, -0.1) is 0 Å². The van der Waals surface area contributed by atoms with Gasteiger partial charge in [0.05, 0.1) is 6.61 Å². The summed E-state index contributed by atoms with van der Waals surface area (Å²) in [5.41, 5.74) is 0. The molecule has 5 nitrogen and oxygen atoms in total. The van der Waals surface area contributed by atoms with Crippen LogP contribution in [0.4, 0.5) is 0 Å². The van der Waals surface area contributed by atoms with Crippen LogP contribution in [0, 0.1) is 0 Å². The van der Waals surface area contributed by atoms with E-state index in [2.05, 4.69) is 72.0 Å². The largest absolute Gasteiger partial charge is 0.437 e. The summed E-state index contributed by atoms with van der Waals surface area (Å²) in [4.78, 5) is 0. The smallest absolute Gasteiger partial charge is 0.314 e. The maximum absolute atomic E-state index is 10.7. The Bertz CT molecular complexity index is 408. The molecule has 0 heterocycles. The molecule has 0 atom stereocenters. The lowest BCUT2D eigenvalue weighted by molar-refractivity contribution is 0.188. The van der Waals surface area contributed by atoms with Gasteiger partial charge in [0.25, 0.3) is 0 Å². The van der Waals surface area contributed by atoms with Crippen molar-refractivity contribution >= 4 is 42.3 Å². The number of rotatable bonds is 12. The number of hydrogen-bond donors (Lipinski definition) is 0. The van der Waals surface area contributed by atoms with Crippen molar-refractivity contribution < 1.29 is 21.6 Å². The van der Waals surface area contributed by atoms with Crippen molar-refractivity contribution in [2.45, 2.75) is 90.9 Å². The highest BCUT2D eigenvalue weighted by atomic mass is 28.5. The summed E-state index contributed by atoms with van der Waals surface area (Å²) in [6.07, 6.45) is 1.69. The van der Waals surface area contributed by atoms with Gasteiger partial charge in [-0.1, -0.05) is 6.42 Å². The highest BCUT2D eigenvalue weighted by Crippen LogP contribution is 2.27. The SMILES string of the molecule is C[Si](C)(C)O[Si](C)(C)O[Si](C)(C)O[Si](C)(C)O[Si](C)(C)CCCC[O]. The average Bonchev–Trinajstić information content (AvgIpc) is 2.18. The molecule has 0 aliphatic carbocycles. The van der Waals surface area contributed by atoms with Gasteiger partial charge in [-0.3, -0.25) is 0 Å². The molecule has 0 aromatic rings. The Morgan fingerprint density at radius 1 is 0.560 bits per heavy atom. The van der Waals surface area contributed by atoms with Crippen LogP contribution in [-0.2, 0) is 21.6 Å². The molecule has 0 saturated heterocycles. The van der Waals surface area contributed by atoms with Gasteiger partial charge in [0, 0.05) is 0 Å². The highest BCUT2D eigenvalue weighted by Gasteiger charge is 2.44. The van der Waals surface area contributed by atoms with Gasteiger partial charge in [0.1, 0.15) is 0 Å². The molecule has 1 radical (unpaired) electrons. The zero-order valence-corrected chi connectivity index (χ0v) is 23.4. The first-order valence-corrected chi connectivity index (χ1v) is 24.2. The van der Waals surface area contributed by atoms with Crippen LogP contribution in [-0.4, -0.2) is 48.9 Å². The summed E-state index contributed by atoms with van der Waals surface area (Å²) in [7, 11) is -10.3. The molecule has 0 bridgehead atoms. The molecule has 0 saturated carbocycles. The average molecular weight is 442 g/mol. The monoisotopic (exact) mass is 441 g/mol. The lowest BCUT2D eigenvalue weighted by Crippen LogP contribution is -2.58. The van der Waals surface area contributed by atoms with Crippen LogP contribution in [0.3, 0.4) is 0 Å². The van der Waals surface area contributed by atoms with Gasteiger partial charge in [-0.2, -0.15) is 0 Å². The van der Waals surface area contributed by atoms with Crippen LogP contribution in [0.25, 0.3) is 0 Å². The molecule has 0 aromatic carbocycles. The zero-order valence-electron chi connectivity index (χ0n) is 18.4. The Morgan fingerprint density at radius 3 is 1.36 bits per heavy atom. The highest BCUT2D eigenvalue weighted by molar-refractivity contribution is 6.90. The second kappa shape index (κ2) is 9.39. The van der Waals surface area contributed by atoms with E-state index in [0.717, 1.165) is 18.9 Å². The molecular formula is C15H41O5Si5. The topological polar surface area (TPSA) is 56.8 Å². The van der Waals surface area contributed by atoms with Crippen molar-refractivity contribution in [3.63, 3.8) is 0 Å². The lowest BCUT2D eigenvalue weighted by Gasteiger charge is -2.42. The second-order valence-corrected chi connectivity index (χ2v) is 29.6. The van der Waals surface area contributed by atoms with Crippen LogP contribution in [0.5, 0.6) is 0 Å². The van der Waals surface area contributed by atoms with E-state index in [1.54, 1.807) is 0 Å². The molecule has 0 unspecified atom stereocenters. The van der Waals surface area contributed by atoms with Gasteiger partial charge in [-0.25, -0.2) is 5.11 Å². The fourth-order valence-electron chi connectivity index (χ4n) is 3.35. The fraction of sp³-hybridized carbons (Fsp3) is 1.00. The van der Waals surface area contributed by atoms with Gasteiger partial charge in [-0.05, 0) is 84.5 Å². The summed E-state index contributed by atoms with van der Waals surface area (Å²) in [6.45, 7) is 23.7. The van der Waals surface area contributed by atoms with Crippen molar-refractivity contribution in [2.24, 2.45) is 0 Å². The van der Waals surface area contributed by atoms with Gasteiger partial charge in [0.2, 0.25) is 0 Å². The molecule has 10 heteroatoms. The molecule has 0 rings (SSSR count). The van der Waals surface area contributed by atoms with E-state index < -0.39 is 42.3 Å². The Labute approximate surface area is 161 Å². The Hall–Kier alpha value is 0.884. The fourth-order valence-corrected chi connectivity index (χ4v) is 27.2. The molecule has 0 aliphatic heterocycles. The molecular weight excluding hydrogens is 401 g/mol. The third kappa shape index (κ3) is 13.7. The minimum absolute atomic E-state index is 0.00634. The maximum Gasteiger partial charge on any atom is 0.314 e. The first-order chi connectivity index (χ1) is 10.9. The summed E-state index contributed by atoms with van der Waals surface area (Å²) < 4.78 is 25.8. The van der Waals surface area contributed by atoms with Crippen molar-refractivity contribution in [3.8, 4) is 0 Å². The van der Waals surface area contributed by atoms with Crippen LogP contribution in [0.1, 0.15) is 12.8 Å². The molecule has 151 valence electrons. The van der Waals surface area contributed by atoms with Crippen LogP contribution in [0.15, 0.2) is 0 Å². The van der Waals surface area contributed by atoms with Crippen molar-refractivity contribution in [1.82, 2.24) is 0 Å². The van der Waals surface area contributed by atoms with E-state index >= 15 is 0 Å². The maximum atomic E-state index is 10.7. The molecule has 0 aromatic heterocycles. The molecule has 25 heavy (non-hydrogen) atoms. The lowest BCUT2D eigenvalue weighted by atomic mass is 10.4. The second-order valence-electron chi connectivity index (χ2n) is 9.64. The third-order valence-electron chi connectivity index (χ3n) is 3.23. The van der Waals surface area contributed by atoms with E-state index in [1.807, 2.05) is 0 Å². The minimum Gasteiger partial charge on any atom is -0.437 e. The van der Waals surface area contributed by atoms with Crippen LogP contribution >= 0.6 is 0 Å². The molecule has 0 spiro atoms. The van der Waals surface area contributed by atoms with Gasteiger partial charge < -0.3 is 16.5 Å². The van der Waals surface area contributed by atoms with Crippen molar-refractivity contribution in [3.05, 3.63) is 0 Å². The van der Waals surface area contributed by atoms with Crippen molar-refractivity contribution in [2.75, 3.05) is 6.61 Å². The predicted molar refractivity (Wildman–Crippen MR) is 117 cm³/mol. The van der Waals surface area contributed by atoms with Gasteiger partial charge >= 0.3 is 25.7 Å². The summed E-state index contributed by atoms with van der Waals surface area (Å²) in [6, 6.07) is 1.01. The predicted octanol–water partition coefficient (Wildman–Crippen LogP) is 5.41. The quantitative estimate of drug-likeness (QED) is 0.300. The normalized spacial score (nSPS) is 14.9. The Morgan fingerprint density at radius 2 is 0.960 bits per heavy atom. The minimum atomic E-state index is -2.34. The zero-order chi connectivity index (χ0) is 20.2. The van der Waals surface area contributed by atoms with E-state index in [4.69, 9.17) is 16.5 Å². The number of hydrogen-bond acceptors (Lipinski definition) is 4. The van der Waals surface area contributed by atoms with Crippen LogP contribution < -0.4 is 0 Å². The molecule has 0 amide bonds. The van der Waals surface area contributed by atoms with Gasteiger partial charge in [0.15, 0.2) is 16.6 Å². The molecule has 0 aliphatic rings.